The lowest BCUT2D eigenvalue weighted by atomic mass is 10.1. The number of hydrogen-bond acceptors (Lipinski definition) is 5. The van der Waals surface area contributed by atoms with Crippen LogP contribution in [-0.4, -0.2) is 37.8 Å². The van der Waals surface area contributed by atoms with Crippen LogP contribution < -0.4 is 0 Å². The second kappa shape index (κ2) is 8.21. The second-order valence-electron chi connectivity index (χ2n) is 6.73. The first-order valence-electron chi connectivity index (χ1n) is 8.96. The molecular weight excluding hydrogens is 326 g/mol. The molecule has 0 N–H and O–H groups in total. The lowest BCUT2D eigenvalue weighted by Crippen LogP contribution is -2.30. The van der Waals surface area contributed by atoms with Crippen molar-refractivity contribution in [3.8, 4) is 0 Å². The Bertz CT molecular complexity index is 805. The third kappa shape index (κ3) is 4.33. The van der Waals surface area contributed by atoms with Crippen molar-refractivity contribution in [2.45, 2.75) is 26.2 Å². The summed E-state index contributed by atoms with van der Waals surface area (Å²) in [5.41, 5.74) is 3.50. The van der Waals surface area contributed by atoms with E-state index in [1.165, 1.54) is 11.3 Å². The van der Waals surface area contributed by atoms with E-state index in [1.807, 2.05) is 36.8 Å². The number of fused-ring (bicyclic) bond motifs is 1. The van der Waals surface area contributed by atoms with Crippen LogP contribution in [0.15, 0.2) is 61.2 Å². The van der Waals surface area contributed by atoms with E-state index < -0.39 is 0 Å². The van der Waals surface area contributed by atoms with E-state index in [4.69, 9.17) is 4.74 Å². The predicted octanol–water partition coefficient (Wildman–Crippen LogP) is 2.52. The van der Waals surface area contributed by atoms with Gasteiger partial charge in [-0.05, 0) is 35.9 Å². The first-order valence-corrected chi connectivity index (χ1v) is 8.96. The molecule has 1 aliphatic heterocycles. The van der Waals surface area contributed by atoms with Gasteiger partial charge in [0.1, 0.15) is 0 Å². The van der Waals surface area contributed by atoms with Gasteiger partial charge in [0.15, 0.2) is 0 Å². The summed E-state index contributed by atoms with van der Waals surface area (Å²) >= 11 is 0. The normalized spacial score (nSPS) is 17.6. The first kappa shape index (κ1) is 16.9. The van der Waals surface area contributed by atoms with Crippen LogP contribution in [0.2, 0.25) is 0 Å². The van der Waals surface area contributed by atoms with Gasteiger partial charge < -0.3 is 4.74 Å². The maximum atomic E-state index is 5.96. The Kier molecular flexibility index (Phi) is 5.33. The van der Waals surface area contributed by atoms with Crippen molar-refractivity contribution in [2.24, 2.45) is 5.92 Å². The van der Waals surface area contributed by atoms with E-state index in [0.29, 0.717) is 19.1 Å². The van der Waals surface area contributed by atoms with E-state index >= 15 is 0 Å². The zero-order valence-electron chi connectivity index (χ0n) is 14.7. The molecule has 0 unspecified atom stereocenters. The van der Waals surface area contributed by atoms with Crippen molar-refractivity contribution in [1.82, 2.24) is 24.6 Å². The standard InChI is InChI=1S/C20H23N5O/c1-2-7-22-19(3-1)16-26-15-18-12-24(11-17-4-8-21-9-5-17)14-20-6-10-23-25(20)13-18/h1-10,18H,11-16H2/t18-/m0/s1. The molecule has 0 aromatic carbocycles. The molecule has 0 saturated heterocycles. The van der Waals surface area contributed by atoms with Crippen molar-refractivity contribution in [2.75, 3.05) is 13.2 Å². The van der Waals surface area contributed by atoms with E-state index in [0.717, 1.165) is 31.9 Å². The van der Waals surface area contributed by atoms with Gasteiger partial charge in [0.25, 0.3) is 0 Å². The summed E-state index contributed by atoms with van der Waals surface area (Å²) < 4.78 is 8.08. The highest BCUT2D eigenvalue weighted by Gasteiger charge is 2.22. The fourth-order valence-corrected chi connectivity index (χ4v) is 3.41. The van der Waals surface area contributed by atoms with Crippen LogP contribution in [0.3, 0.4) is 0 Å². The van der Waals surface area contributed by atoms with Crippen molar-refractivity contribution in [1.29, 1.82) is 0 Å². The number of aromatic nitrogens is 4. The number of ether oxygens (including phenoxy) is 1. The highest BCUT2D eigenvalue weighted by Crippen LogP contribution is 2.18. The van der Waals surface area contributed by atoms with Crippen molar-refractivity contribution in [3.63, 3.8) is 0 Å². The Hall–Kier alpha value is -2.57. The molecule has 0 radical (unpaired) electrons. The Morgan fingerprint density at radius 3 is 2.77 bits per heavy atom. The molecule has 4 rings (SSSR count). The summed E-state index contributed by atoms with van der Waals surface area (Å²) in [6.07, 6.45) is 7.39. The van der Waals surface area contributed by atoms with Gasteiger partial charge in [0.2, 0.25) is 0 Å². The van der Waals surface area contributed by atoms with Gasteiger partial charge >= 0.3 is 0 Å². The van der Waals surface area contributed by atoms with E-state index in [9.17, 15) is 0 Å². The van der Waals surface area contributed by atoms with Crippen LogP contribution in [0.5, 0.6) is 0 Å². The fourth-order valence-electron chi connectivity index (χ4n) is 3.41. The van der Waals surface area contributed by atoms with Gasteiger partial charge in [-0.3, -0.25) is 19.5 Å². The predicted molar refractivity (Wildman–Crippen MR) is 98.0 cm³/mol. The van der Waals surface area contributed by atoms with Crippen LogP contribution >= 0.6 is 0 Å². The maximum Gasteiger partial charge on any atom is 0.0887 e. The molecule has 6 heteroatoms. The zero-order chi connectivity index (χ0) is 17.6. The molecular formula is C20H23N5O. The number of hydrogen-bond donors (Lipinski definition) is 0. The summed E-state index contributed by atoms with van der Waals surface area (Å²) in [7, 11) is 0. The van der Waals surface area contributed by atoms with Crippen LogP contribution in [0.25, 0.3) is 0 Å². The Morgan fingerprint density at radius 2 is 1.92 bits per heavy atom. The highest BCUT2D eigenvalue weighted by atomic mass is 16.5. The minimum atomic E-state index is 0.390. The molecule has 1 atom stereocenters. The fraction of sp³-hybridized carbons (Fsp3) is 0.350. The van der Waals surface area contributed by atoms with Crippen LogP contribution in [0.1, 0.15) is 17.0 Å². The van der Waals surface area contributed by atoms with Gasteiger partial charge in [-0.2, -0.15) is 5.10 Å². The van der Waals surface area contributed by atoms with Crippen LogP contribution in [0, 0.1) is 5.92 Å². The molecule has 3 aromatic heterocycles. The van der Waals surface area contributed by atoms with Gasteiger partial charge in [-0.1, -0.05) is 6.07 Å². The van der Waals surface area contributed by atoms with E-state index in [2.05, 4.69) is 42.8 Å². The van der Waals surface area contributed by atoms with Gasteiger partial charge in [-0.25, -0.2) is 0 Å². The van der Waals surface area contributed by atoms with Gasteiger partial charge in [0, 0.05) is 56.9 Å². The molecule has 3 aromatic rings. The van der Waals surface area contributed by atoms with Gasteiger partial charge in [-0.15, -0.1) is 0 Å². The van der Waals surface area contributed by atoms with Crippen LogP contribution in [0.4, 0.5) is 0 Å². The maximum absolute atomic E-state index is 5.96. The molecule has 0 fully saturated rings. The molecule has 0 saturated carbocycles. The lowest BCUT2D eigenvalue weighted by Gasteiger charge is -2.23. The van der Waals surface area contributed by atoms with Crippen molar-refractivity contribution in [3.05, 3.63) is 78.1 Å². The quantitative estimate of drug-likeness (QED) is 0.684. The van der Waals surface area contributed by atoms with Crippen molar-refractivity contribution >= 4 is 0 Å². The second-order valence-corrected chi connectivity index (χ2v) is 6.73. The summed E-state index contributed by atoms with van der Waals surface area (Å²) in [6.45, 7) is 4.92. The van der Waals surface area contributed by atoms with E-state index in [1.54, 1.807) is 6.20 Å². The molecule has 0 amide bonds. The molecule has 26 heavy (non-hydrogen) atoms. The topological polar surface area (TPSA) is 56.1 Å². The molecule has 134 valence electrons. The Labute approximate surface area is 153 Å². The first-order chi connectivity index (χ1) is 12.9. The lowest BCUT2D eigenvalue weighted by molar-refractivity contribution is 0.0640. The Morgan fingerprint density at radius 1 is 1.00 bits per heavy atom. The Balaban J connectivity index is 1.40. The summed E-state index contributed by atoms with van der Waals surface area (Å²) in [6, 6.07) is 12.2. The average molecular weight is 349 g/mol. The zero-order valence-corrected chi connectivity index (χ0v) is 14.7. The SMILES string of the molecule is c1ccc(COC[C@H]2CN(Cc3ccncc3)Cc3ccnn3C2)nc1. The minimum absolute atomic E-state index is 0.390. The molecule has 0 spiro atoms. The smallest absolute Gasteiger partial charge is 0.0887 e. The molecule has 0 aliphatic carbocycles. The minimum Gasteiger partial charge on any atom is -0.375 e. The molecule has 6 nitrogen and oxygen atoms in total. The summed E-state index contributed by atoms with van der Waals surface area (Å²) in [5.74, 6) is 0.390. The third-order valence-corrected chi connectivity index (χ3v) is 4.62. The third-order valence-electron chi connectivity index (χ3n) is 4.62. The van der Waals surface area contributed by atoms with Crippen LogP contribution in [-0.2, 0) is 31.0 Å². The average Bonchev–Trinajstić information content (AvgIpc) is 3.03. The number of nitrogens with zero attached hydrogens (tertiary/aromatic N) is 5. The highest BCUT2D eigenvalue weighted by molar-refractivity contribution is 5.10. The number of pyridine rings is 2. The largest absolute Gasteiger partial charge is 0.375 e. The van der Waals surface area contributed by atoms with E-state index in [-0.39, 0.29) is 0 Å². The summed E-state index contributed by atoms with van der Waals surface area (Å²) in [5, 5.41) is 4.49. The summed E-state index contributed by atoms with van der Waals surface area (Å²) in [4.78, 5) is 10.9. The molecule has 4 heterocycles. The monoisotopic (exact) mass is 349 g/mol. The van der Waals surface area contributed by atoms with Gasteiger partial charge in [0.05, 0.1) is 24.6 Å². The molecule has 1 aliphatic rings. The number of rotatable bonds is 6. The molecule has 0 bridgehead atoms. The van der Waals surface area contributed by atoms with Crippen molar-refractivity contribution < 1.29 is 4.74 Å².